The molecular weight excluding hydrogens is 290 g/mol. The van der Waals surface area contributed by atoms with Crippen LogP contribution in [0.25, 0.3) is 0 Å². The van der Waals surface area contributed by atoms with E-state index in [9.17, 15) is 13.2 Å². The second kappa shape index (κ2) is 4.70. The van der Waals surface area contributed by atoms with Gasteiger partial charge in [0.2, 0.25) is 0 Å². The molecule has 0 radical (unpaired) electrons. The van der Waals surface area contributed by atoms with E-state index in [-0.39, 0.29) is 10.8 Å². The Bertz CT molecular complexity index is 824. The van der Waals surface area contributed by atoms with Crippen LogP contribution >= 0.6 is 0 Å². The van der Waals surface area contributed by atoms with Gasteiger partial charge in [0.1, 0.15) is 0 Å². The first-order chi connectivity index (χ1) is 9.91. The zero-order valence-corrected chi connectivity index (χ0v) is 12.6. The average Bonchev–Trinajstić information content (AvgIpc) is 3.03. The molecule has 0 unspecified atom stereocenters. The van der Waals surface area contributed by atoms with Crippen LogP contribution in [-0.2, 0) is 23.5 Å². The standard InChI is InChI=1S/C14H15N3O3S/c1-10(18)11-3-4-13-12(9-11)6-8-17(13)21(19,20)14-5-7-15-16(14)2/h3-5,7,9H,6,8H2,1-2H3. The highest BCUT2D eigenvalue weighted by atomic mass is 32.2. The minimum Gasteiger partial charge on any atom is -0.295 e. The minimum absolute atomic E-state index is 0.0225. The third-order valence-electron chi connectivity index (χ3n) is 3.67. The monoisotopic (exact) mass is 305 g/mol. The summed E-state index contributed by atoms with van der Waals surface area (Å²) in [4.78, 5) is 11.4. The molecule has 0 aliphatic carbocycles. The van der Waals surface area contributed by atoms with E-state index in [0.717, 1.165) is 5.56 Å². The van der Waals surface area contributed by atoms with Crippen molar-refractivity contribution >= 4 is 21.5 Å². The van der Waals surface area contributed by atoms with Gasteiger partial charge in [0.05, 0.1) is 11.9 Å². The van der Waals surface area contributed by atoms with E-state index in [1.54, 1.807) is 25.2 Å². The number of hydrogen-bond acceptors (Lipinski definition) is 4. The van der Waals surface area contributed by atoms with Gasteiger partial charge in [-0.05, 0) is 43.2 Å². The fraction of sp³-hybridized carbons (Fsp3) is 0.286. The number of nitrogens with zero attached hydrogens (tertiary/aromatic N) is 3. The molecule has 0 spiro atoms. The Morgan fingerprint density at radius 3 is 2.67 bits per heavy atom. The van der Waals surface area contributed by atoms with Gasteiger partial charge in [-0.1, -0.05) is 0 Å². The van der Waals surface area contributed by atoms with E-state index in [1.807, 2.05) is 0 Å². The molecule has 1 aliphatic heterocycles. The highest BCUT2D eigenvalue weighted by Gasteiger charge is 2.32. The molecule has 7 heteroatoms. The molecule has 1 aromatic heterocycles. The van der Waals surface area contributed by atoms with E-state index < -0.39 is 10.0 Å². The number of ketones is 1. The number of benzene rings is 1. The van der Waals surface area contributed by atoms with E-state index >= 15 is 0 Å². The summed E-state index contributed by atoms with van der Waals surface area (Å²) in [7, 11) is -2.02. The predicted octanol–water partition coefficient (Wildman–Crippen LogP) is 1.37. The molecule has 2 heterocycles. The smallest absolute Gasteiger partial charge is 0.281 e. The predicted molar refractivity (Wildman–Crippen MR) is 77.9 cm³/mol. The lowest BCUT2D eigenvalue weighted by Gasteiger charge is -2.19. The fourth-order valence-corrected chi connectivity index (χ4v) is 4.18. The summed E-state index contributed by atoms with van der Waals surface area (Å²) in [6, 6.07) is 6.62. The molecule has 0 saturated carbocycles. The van der Waals surface area contributed by atoms with Gasteiger partial charge in [-0.15, -0.1) is 0 Å². The summed E-state index contributed by atoms with van der Waals surface area (Å²) in [6.45, 7) is 1.88. The molecule has 0 fully saturated rings. The molecule has 21 heavy (non-hydrogen) atoms. The van der Waals surface area contributed by atoms with Crippen LogP contribution in [0, 0.1) is 0 Å². The van der Waals surface area contributed by atoms with Crippen molar-refractivity contribution in [3.8, 4) is 0 Å². The Morgan fingerprint density at radius 2 is 2.05 bits per heavy atom. The van der Waals surface area contributed by atoms with Crippen molar-refractivity contribution in [3.05, 3.63) is 41.6 Å². The van der Waals surface area contributed by atoms with Gasteiger partial charge in [0, 0.05) is 19.2 Å². The zero-order valence-electron chi connectivity index (χ0n) is 11.8. The Balaban J connectivity index is 2.06. The fourth-order valence-electron chi connectivity index (χ4n) is 2.57. The Labute approximate surface area is 123 Å². The highest BCUT2D eigenvalue weighted by molar-refractivity contribution is 7.92. The molecule has 110 valence electrons. The number of rotatable bonds is 3. The van der Waals surface area contributed by atoms with Gasteiger partial charge in [0.15, 0.2) is 10.8 Å². The number of Topliss-reactive ketones (excluding diaryl/α,β-unsaturated/α-hetero) is 1. The lowest BCUT2D eigenvalue weighted by molar-refractivity contribution is 0.101. The Hall–Kier alpha value is -2.15. The number of carbonyl (C=O) groups excluding carboxylic acids is 1. The highest BCUT2D eigenvalue weighted by Crippen LogP contribution is 2.33. The maximum atomic E-state index is 12.7. The van der Waals surface area contributed by atoms with Crippen molar-refractivity contribution in [2.75, 3.05) is 10.8 Å². The van der Waals surface area contributed by atoms with Crippen molar-refractivity contribution in [3.63, 3.8) is 0 Å². The third kappa shape index (κ3) is 2.13. The number of hydrogen-bond donors (Lipinski definition) is 0. The van der Waals surface area contributed by atoms with Crippen molar-refractivity contribution in [2.45, 2.75) is 18.4 Å². The van der Waals surface area contributed by atoms with Crippen LogP contribution in [0.4, 0.5) is 5.69 Å². The first-order valence-electron chi connectivity index (χ1n) is 6.56. The van der Waals surface area contributed by atoms with Crippen LogP contribution in [-0.4, -0.2) is 30.5 Å². The molecule has 0 N–H and O–H groups in total. The average molecular weight is 305 g/mol. The SMILES string of the molecule is CC(=O)c1ccc2c(c1)CCN2S(=O)(=O)c1ccnn1C. The quantitative estimate of drug-likeness (QED) is 0.803. The van der Waals surface area contributed by atoms with Gasteiger partial charge in [-0.25, -0.2) is 0 Å². The van der Waals surface area contributed by atoms with E-state index in [1.165, 1.54) is 28.2 Å². The molecular formula is C14H15N3O3S. The van der Waals surface area contributed by atoms with E-state index in [2.05, 4.69) is 5.10 Å². The number of aryl methyl sites for hydroxylation is 1. The third-order valence-corrected chi connectivity index (χ3v) is 5.56. The lowest BCUT2D eigenvalue weighted by Crippen LogP contribution is -2.30. The zero-order chi connectivity index (χ0) is 15.2. The maximum Gasteiger partial charge on any atom is 0.281 e. The number of carbonyl (C=O) groups is 1. The topological polar surface area (TPSA) is 72.3 Å². The Kier molecular flexibility index (Phi) is 3.09. The van der Waals surface area contributed by atoms with Gasteiger partial charge in [-0.2, -0.15) is 13.5 Å². The molecule has 6 nitrogen and oxygen atoms in total. The van der Waals surface area contributed by atoms with Crippen LogP contribution in [0.5, 0.6) is 0 Å². The summed E-state index contributed by atoms with van der Waals surface area (Å²) in [5.41, 5.74) is 2.13. The number of anilines is 1. The Morgan fingerprint density at radius 1 is 1.29 bits per heavy atom. The van der Waals surface area contributed by atoms with Crippen molar-refractivity contribution in [1.29, 1.82) is 0 Å². The van der Waals surface area contributed by atoms with Gasteiger partial charge in [-0.3, -0.25) is 13.8 Å². The molecule has 0 amide bonds. The van der Waals surface area contributed by atoms with Gasteiger partial charge >= 0.3 is 0 Å². The number of aromatic nitrogens is 2. The van der Waals surface area contributed by atoms with Crippen LogP contribution in [0.1, 0.15) is 22.8 Å². The van der Waals surface area contributed by atoms with Crippen molar-refractivity contribution < 1.29 is 13.2 Å². The largest absolute Gasteiger partial charge is 0.295 e. The second-order valence-electron chi connectivity index (χ2n) is 5.02. The summed E-state index contributed by atoms with van der Waals surface area (Å²) >= 11 is 0. The summed E-state index contributed by atoms with van der Waals surface area (Å²) < 4.78 is 28.1. The van der Waals surface area contributed by atoms with Crippen LogP contribution in [0.15, 0.2) is 35.5 Å². The normalized spacial score (nSPS) is 14.3. The van der Waals surface area contributed by atoms with Gasteiger partial charge < -0.3 is 0 Å². The van der Waals surface area contributed by atoms with Crippen LogP contribution in [0.2, 0.25) is 0 Å². The van der Waals surface area contributed by atoms with Crippen LogP contribution in [0.3, 0.4) is 0 Å². The lowest BCUT2D eigenvalue weighted by atomic mass is 10.1. The minimum atomic E-state index is -3.62. The van der Waals surface area contributed by atoms with Crippen molar-refractivity contribution in [1.82, 2.24) is 9.78 Å². The first kappa shape index (κ1) is 13.8. The first-order valence-corrected chi connectivity index (χ1v) is 8.00. The summed E-state index contributed by atoms with van der Waals surface area (Å²) in [6.07, 6.45) is 2.07. The molecule has 1 aliphatic rings. The number of sulfonamides is 1. The molecule has 0 atom stereocenters. The van der Waals surface area contributed by atoms with E-state index in [0.29, 0.717) is 24.2 Å². The van der Waals surface area contributed by atoms with E-state index in [4.69, 9.17) is 0 Å². The maximum absolute atomic E-state index is 12.7. The molecule has 2 aromatic rings. The molecule has 0 saturated heterocycles. The molecule has 3 rings (SSSR count). The van der Waals surface area contributed by atoms with Gasteiger partial charge in [0.25, 0.3) is 10.0 Å². The van der Waals surface area contributed by atoms with Crippen LogP contribution < -0.4 is 4.31 Å². The summed E-state index contributed by atoms with van der Waals surface area (Å²) in [5, 5.41) is 4.07. The second-order valence-corrected chi connectivity index (χ2v) is 6.83. The molecule has 0 bridgehead atoms. The molecule has 1 aromatic carbocycles. The number of fused-ring (bicyclic) bond motifs is 1. The van der Waals surface area contributed by atoms with Crippen molar-refractivity contribution in [2.24, 2.45) is 7.05 Å². The summed E-state index contributed by atoms with van der Waals surface area (Å²) in [5.74, 6) is -0.0225.